The standard InChI is InChI=1S/C13H27NO2/c1-4-14-13(11(2)5-7-15-3)9-12-6-8-16-10-12/h11-14H,4-10H2,1-3H3. The predicted molar refractivity (Wildman–Crippen MR) is 66.7 cm³/mol. The van der Waals surface area contributed by atoms with Gasteiger partial charge in [-0.3, -0.25) is 0 Å². The van der Waals surface area contributed by atoms with Crippen LogP contribution in [0.1, 0.15) is 33.1 Å². The average Bonchev–Trinajstić information content (AvgIpc) is 2.78. The lowest BCUT2D eigenvalue weighted by Gasteiger charge is -2.26. The third kappa shape index (κ3) is 4.81. The van der Waals surface area contributed by atoms with Gasteiger partial charge in [0, 0.05) is 33.0 Å². The summed E-state index contributed by atoms with van der Waals surface area (Å²) in [5.41, 5.74) is 0. The first-order valence-electron chi connectivity index (χ1n) is 6.58. The molecule has 0 spiro atoms. The maximum absolute atomic E-state index is 5.44. The van der Waals surface area contributed by atoms with Crippen molar-refractivity contribution in [2.45, 2.75) is 39.2 Å². The second-order valence-corrected chi connectivity index (χ2v) is 4.89. The topological polar surface area (TPSA) is 30.5 Å². The van der Waals surface area contributed by atoms with Gasteiger partial charge in [0.25, 0.3) is 0 Å². The molecule has 3 nitrogen and oxygen atoms in total. The van der Waals surface area contributed by atoms with Crippen molar-refractivity contribution >= 4 is 0 Å². The van der Waals surface area contributed by atoms with Gasteiger partial charge in [-0.05, 0) is 37.6 Å². The first kappa shape index (κ1) is 13.9. The van der Waals surface area contributed by atoms with Crippen molar-refractivity contribution in [3.63, 3.8) is 0 Å². The van der Waals surface area contributed by atoms with E-state index in [-0.39, 0.29) is 0 Å². The van der Waals surface area contributed by atoms with E-state index in [0.29, 0.717) is 12.0 Å². The number of rotatable bonds is 8. The Labute approximate surface area is 99.9 Å². The van der Waals surface area contributed by atoms with Crippen molar-refractivity contribution < 1.29 is 9.47 Å². The highest BCUT2D eigenvalue weighted by atomic mass is 16.5. The number of ether oxygens (including phenoxy) is 2. The number of methoxy groups -OCH3 is 1. The highest BCUT2D eigenvalue weighted by molar-refractivity contribution is 4.78. The summed E-state index contributed by atoms with van der Waals surface area (Å²) >= 11 is 0. The third-order valence-corrected chi connectivity index (χ3v) is 3.54. The van der Waals surface area contributed by atoms with E-state index in [9.17, 15) is 0 Å². The Kier molecular flexibility index (Phi) is 7.01. The first-order valence-corrected chi connectivity index (χ1v) is 6.58. The molecule has 3 heteroatoms. The van der Waals surface area contributed by atoms with Gasteiger partial charge < -0.3 is 14.8 Å². The summed E-state index contributed by atoms with van der Waals surface area (Å²) in [6, 6.07) is 0.617. The van der Waals surface area contributed by atoms with Crippen molar-refractivity contribution in [3.8, 4) is 0 Å². The summed E-state index contributed by atoms with van der Waals surface area (Å²) < 4.78 is 10.6. The highest BCUT2D eigenvalue weighted by Gasteiger charge is 2.23. The van der Waals surface area contributed by atoms with Gasteiger partial charge in [-0.1, -0.05) is 13.8 Å². The van der Waals surface area contributed by atoms with E-state index in [1.807, 2.05) is 0 Å². The molecule has 16 heavy (non-hydrogen) atoms. The van der Waals surface area contributed by atoms with Gasteiger partial charge in [0.05, 0.1) is 0 Å². The molecule has 0 aromatic heterocycles. The molecule has 1 aliphatic heterocycles. The van der Waals surface area contributed by atoms with Crippen LogP contribution in [0.5, 0.6) is 0 Å². The molecule has 1 heterocycles. The Bertz CT molecular complexity index is 169. The molecule has 0 amide bonds. The fraction of sp³-hybridized carbons (Fsp3) is 1.00. The summed E-state index contributed by atoms with van der Waals surface area (Å²) in [6.07, 6.45) is 3.62. The maximum Gasteiger partial charge on any atom is 0.0495 e. The molecule has 96 valence electrons. The molecule has 0 saturated carbocycles. The number of nitrogens with one attached hydrogen (secondary N) is 1. The van der Waals surface area contributed by atoms with Crippen LogP contribution in [0.15, 0.2) is 0 Å². The molecular formula is C13H27NO2. The SMILES string of the molecule is CCNC(CC1CCOC1)C(C)CCOC. The van der Waals surface area contributed by atoms with Crippen LogP contribution in [0, 0.1) is 11.8 Å². The molecule has 1 N–H and O–H groups in total. The van der Waals surface area contributed by atoms with E-state index in [2.05, 4.69) is 19.2 Å². The Balaban J connectivity index is 2.32. The molecule has 1 aliphatic rings. The van der Waals surface area contributed by atoms with Gasteiger partial charge in [-0.25, -0.2) is 0 Å². The lowest BCUT2D eigenvalue weighted by Crippen LogP contribution is -2.37. The Hall–Kier alpha value is -0.120. The second kappa shape index (κ2) is 8.04. The highest BCUT2D eigenvalue weighted by Crippen LogP contribution is 2.22. The van der Waals surface area contributed by atoms with E-state index in [1.54, 1.807) is 7.11 Å². The zero-order valence-corrected chi connectivity index (χ0v) is 11.0. The van der Waals surface area contributed by atoms with Crippen molar-refractivity contribution in [1.29, 1.82) is 0 Å². The Morgan fingerprint density at radius 3 is 2.88 bits per heavy atom. The van der Waals surface area contributed by atoms with E-state index in [0.717, 1.165) is 38.7 Å². The fourth-order valence-corrected chi connectivity index (χ4v) is 2.41. The van der Waals surface area contributed by atoms with Gasteiger partial charge >= 0.3 is 0 Å². The minimum Gasteiger partial charge on any atom is -0.385 e. The Morgan fingerprint density at radius 1 is 1.50 bits per heavy atom. The monoisotopic (exact) mass is 229 g/mol. The van der Waals surface area contributed by atoms with E-state index in [1.165, 1.54) is 12.8 Å². The zero-order chi connectivity index (χ0) is 11.8. The summed E-state index contributed by atoms with van der Waals surface area (Å²) in [5.74, 6) is 1.44. The van der Waals surface area contributed by atoms with E-state index >= 15 is 0 Å². The van der Waals surface area contributed by atoms with Crippen molar-refractivity contribution in [3.05, 3.63) is 0 Å². The number of hydrogen-bond donors (Lipinski definition) is 1. The van der Waals surface area contributed by atoms with Crippen molar-refractivity contribution in [1.82, 2.24) is 5.32 Å². The summed E-state index contributed by atoms with van der Waals surface area (Å²) in [5, 5.41) is 3.61. The largest absolute Gasteiger partial charge is 0.385 e. The van der Waals surface area contributed by atoms with Crippen LogP contribution in [0.3, 0.4) is 0 Å². The quantitative estimate of drug-likeness (QED) is 0.691. The normalized spacial score (nSPS) is 24.6. The predicted octanol–water partition coefficient (Wildman–Crippen LogP) is 2.06. The molecule has 1 saturated heterocycles. The second-order valence-electron chi connectivity index (χ2n) is 4.89. The zero-order valence-electron chi connectivity index (χ0n) is 11.0. The van der Waals surface area contributed by atoms with Gasteiger partial charge in [0.1, 0.15) is 0 Å². The van der Waals surface area contributed by atoms with Gasteiger partial charge in [0.15, 0.2) is 0 Å². The van der Waals surface area contributed by atoms with Crippen molar-refractivity contribution in [2.24, 2.45) is 11.8 Å². The lowest BCUT2D eigenvalue weighted by atomic mass is 9.89. The van der Waals surface area contributed by atoms with Crippen LogP contribution >= 0.6 is 0 Å². The molecule has 3 unspecified atom stereocenters. The van der Waals surface area contributed by atoms with Crippen molar-refractivity contribution in [2.75, 3.05) is 33.5 Å². The first-order chi connectivity index (χ1) is 7.77. The molecule has 0 aromatic carbocycles. The van der Waals surface area contributed by atoms with Crippen LogP contribution < -0.4 is 5.32 Å². The fourth-order valence-electron chi connectivity index (χ4n) is 2.41. The minimum atomic E-state index is 0.617. The average molecular weight is 229 g/mol. The van der Waals surface area contributed by atoms with Gasteiger partial charge in [-0.15, -0.1) is 0 Å². The van der Waals surface area contributed by atoms with E-state index < -0.39 is 0 Å². The van der Waals surface area contributed by atoms with Crippen LogP contribution in [-0.2, 0) is 9.47 Å². The third-order valence-electron chi connectivity index (χ3n) is 3.54. The smallest absolute Gasteiger partial charge is 0.0495 e. The van der Waals surface area contributed by atoms with Crippen LogP contribution in [0.2, 0.25) is 0 Å². The molecule has 0 aromatic rings. The van der Waals surface area contributed by atoms with Gasteiger partial charge in [0.2, 0.25) is 0 Å². The molecule has 3 atom stereocenters. The molecule has 1 fully saturated rings. The van der Waals surface area contributed by atoms with E-state index in [4.69, 9.17) is 9.47 Å². The summed E-state index contributed by atoms with van der Waals surface area (Å²) in [4.78, 5) is 0. The van der Waals surface area contributed by atoms with Crippen LogP contribution in [-0.4, -0.2) is 39.5 Å². The maximum atomic E-state index is 5.44. The molecular weight excluding hydrogens is 202 g/mol. The number of hydrogen-bond acceptors (Lipinski definition) is 3. The Morgan fingerprint density at radius 2 is 2.31 bits per heavy atom. The summed E-state index contributed by atoms with van der Waals surface area (Å²) in [7, 11) is 1.78. The lowest BCUT2D eigenvalue weighted by molar-refractivity contribution is 0.158. The van der Waals surface area contributed by atoms with Crippen LogP contribution in [0.4, 0.5) is 0 Å². The minimum absolute atomic E-state index is 0.617. The summed E-state index contributed by atoms with van der Waals surface area (Å²) in [6.45, 7) is 8.33. The molecule has 0 aliphatic carbocycles. The molecule has 0 bridgehead atoms. The van der Waals surface area contributed by atoms with Gasteiger partial charge in [-0.2, -0.15) is 0 Å². The molecule has 0 radical (unpaired) electrons. The van der Waals surface area contributed by atoms with Crippen LogP contribution in [0.25, 0.3) is 0 Å². The molecule has 1 rings (SSSR count).